The molecule has 0 amide bonds. The summed E-state index contributed by atoms with van der Waals surface area (Å²) in [6, 6.07) is 13.6. The largest absolute Gasteiger partial charge is 0.497 e. The van der Waals surface area contributed by atoms with E-state index in [4.69, 9.17) is 22.1 Å². The Morgan fingerprint density at radius 2 is 1.80 bits per heavy atom. The van der Waals surface area contributed by atoms with Gasteiger partial charge in [0.2, 0.25) is 0 Å². The summed E-state index contributed by atoms with van der Waals surface area (Å²) in [6.45, 7) is 1.61. The first-order valence-electron chi connectivity index (χ1n) is 6.44. The molecule has 2 N–H and O–H groups in total. The Bertz CT molecular complexity index is 569. The van der Waals surface area contributed by atoms with E-state index in [1.165, 1.54) is 5.56 Å². The Balaban J connectivity index is 2.04. The van der Waals surface area contributed by atoms with Crippen molar-refractivity contribution in [3.63, 3.8) is 0 Å². The Morgan fingerprint density at radius 3 is 2.45 bits per heavy atom. The number of anilines is 1. The number of nitrogens with zero attached hydrogens (tertiary/aromatic N) is 1. The topological polar surface area (TPSA) is 38.5 Å². The molecule has 0 aliphatic carbocycles. The smallest absolute Gasteiger partial charge is 0.119 e. The van der Waals surface area contributed by atoms with Gasteiger partial charge < -0.3 is 10.5 Å². The van der Waals surface area contributed by atoms with Crippen LogP contribution in [0.1, 0.15) is 11.1 Å². The third kappa shape index (κ3) is 3.89. The lowest BCUT2D eigenvalue weighted by molar-refractivity contribution is 0.319. The highest BCUT2D eigenvalue weighted by atomic mass is 35.5. The van der Waals surface area contributed by atoms with Gasteiger partial charge in [0.05, 0.1) is 7.11 Å². The lowest BCUT2D eigenvalue weighted by Gasteiger charge is -2.18. The summed E-state index contributed by atoms with van der Waals surface area (Å²) in [5.41, 5.74) is 9.08. The highest BCUT2D eigenvalue weighted by Crippen LogP contribution is 2.21. The summed E-state index contributed by atoms with van der Waals surface area (Å²) in [6.07, 6.45) is 0. The van der Waals surface area contributed by atoms with Gasteiger partial charge in [0.25, 0.3) is 0 Å². The van der Waals surface area contributed by atoms with Crippen LogP contribution in [-0.2, 0) is 13.1 Å². The van der Waals surface area contributed by atoms with Crippen LogP contribution in [0.2, 0.25) is 5.02 Å². The van der Waals surface area contributed by atoms with E-state index in [1.807, 2.05) is 42.5 Å². The number of halogens is 1. The van der Waals surface area contributed by atoms with E-state index in [0.717, 1.165) is 35.1 Å². The third-order valence-corrected chi connectivity index (χ3v) is 3.41. The Labute approximate surface area is 124 Å². The van der Waals surface area contributed by atoms with Crippen LogP contribution < -0.4 is 10.5 Å². The molecule has 0 radical (unpaired) electrons. The molecule has 20 heavy (non-hydrogen) atoms. The van der Waals surface area contributed by atoms with Crippen molar-refractivity contribution in [2.45, 2.75) is 13.1 Å². The van der Waals surface area contributed by atoms with Crippen molar-refractivity contribution in [2.24, 2.45) is 0 Å². The van der Waals surface area contributed by atoms with E-state index in [0.29, 0.717) is 0 Å². The monoisotopic (exact) mass is 290 g/mol. The average Bonchev–Trinajstić information content (AvgIpc) is 2.44. The number of nitrogen functional groups attached to an aromatic ring is 1. The first kappa shape index (κ1) is 14.7. The minimum absolute atomic E-state index is 0.758. The predicted octanol–water partition coefficient (Wildman–Crippen LogP) is 3.56. The van der Waals surface area contributed by atoms with E-state index >= 15 is 0 Å². The fourth-order valence-corrected chi connectivity index (χ4v) is 2.22. The lowest BCUT2D eigenvalue weighted by atomic mass is 10.1. The quantitative estimate of drug-likeness (QED) is 0.856. The highest BCUT2D eigenvalue weighted by Gasteiger charge is 2.06. The van der Waals surface area contributed by atoms with Crippen LogP contribution >= 0.6 is 11.6 Å². The maximum Gasteiger partial charge on any atom is 0.119 e. The molecule has 0 bridgehead atoms. The van der Waals surface area contributed by atoms with Crippen molar-refractivity contribution in [2.75, 3.05) is 19.9 Å². The maximum atomic E-state index is 6.01. The standard InChI is InChI=1S/C16H19ClN2O/c1-19(10-12-3-5-14(17)6-4-12)11-13-9-15(20-2)7-8-16(13)18/h3-9H,10-11,18H2,1-2H3. The second-order valence-corrected chi connectivity index (χ2v) is 5.30. The normalized spacial score (nSPS) is 10.8. The molecule has 0 saturated heterocycles. The number of rotatable bonds is 5. The Morgan fingerprint density at radius 1 is 1.10 bits per heavy atom. The van der Waals surface area contributed by atoms with E-state index in [2.05, 4.69) is 11.9 Å². The van der Waals surface area contributed by atoms with Gasteiger partial charge >= 0.3 is 0 Å². The van der Waals surface area contributed by atoms with Crippen molar-refractivity contribution in [3.8, 4) is 5.75 Å². The Hall–Kier alpha value is -1.71. The summed E-state index contributed by atoms with van der Waals surface area (Å²) in [5, 5.41) is 0.758. The van der Waals surface area contributed by atoms with Crippen molar-refractivity contribution in [1.29, 1.82) is 0 Å². The molecule has 2 rings (SSSR count). The average molecular weight is 291 g/mol. The van der Waals surface area contributed by atoms with Gasteiger partial charge in [0.15, 0.2) is 0 Å². The maximum absolute atomic E-state index is 6.01. The second-order valence-electron chi connectivity index (χ2n) is 4.86. The van der Waals surface area contributed by atoms with Crippen LogP contribution in [0.5, 0.6) is 5.75 Å². The van der Waals surface area contributed by atoms with Gasteiger partial charge in [0, 0.05) is 23.8 Å². The molecular weight excluding hydrogens is 272 g/mol. The summed E-state index contributed by atoms with van der Waals surface area (Å²) in [5.74, 6) is 0.828. The summed E-state index contributed by atoms with van der Waals surface area (Å²) in [4.78, 5) is 2.20. The number of benzene rings is 2. The number of hydrogen-bond acceptors (Lipinski definition) is 3. The van der Waals surface area contributed by atoms with Crippen molar-refractivity contribution >= 4 is 17.3 Å². The first-order valence-corrected chi connectivity index (χ1v) is 6.81. The molecule has 0 unspecified atom stereocenters. The van der Waals surface area contributed by atoms with Gasteiger partial charge in [-0.1, -0.05) is 23.7 Å². The Kier molecular flexibility index (Phi) is 4.88. The zero-order chi connectivity index (χ0) is 14.5. The molecule has 106 valence electrons. The molecule has 0 aliphatic rings. The van der Waals surface area contributed by atoms with Gasteiger partial charge in [-0.15, -0.1) is 0 Å². The molecule has 0 spiro atoms. The number of methoxy groups -OCH3 is 1. The zero-order valence-corrected chi connectivity index (χ0v) is 12.5. The van der Waals surface area contributed by atoms with Crippen LogP contribution in [0, 0.1) is 0 Å². The van der Waals surface area contributed by atoms with E-state index < -0.39 is 0 Å². The van der Waals surface area contributed by atoms with E-state index in [-0.39, 0.29) is 0 Å². The highest BCUT2D eigenvalue weighted by molar-refractivity contribution is 6.30. The summed E-state index contributed by atoms with van der Waals surface area (Å²) >= 11 is 5.89. The van der Waals surface area contributed by atoms with Crippen molar-refractivity contribution in [1.82, 2.24) is 4.90 Å². The van der Waals surface area contributed by atoms with E-state index in [9.17, 15) is 0 Å². The number of nitrogens with two attached hydrogens (primary N) is 1. The van der Waals surface area contributed by atoms with Crippen LogP contribution in [0.3, 0.4) is 0 Å². The fourth-order valence-electron chi connectivity index (χ4n) is 2.09. The molecule has 3 nitrogen and oxygen atoms in total. The van der Waals surface area contributed by atoms with Gasteiger partial charge in [-0.25, -0.2) is 0 Å². The predicted molar refractivity (Wildman–Crippen MR) is 84.0 cm³/mol. The molecular formula is C16H19ClN2O. The third-order valence-electron chi connectivity index (χ3n) is 3.16. The van der Waals surface area contributed by atoms with Crippen LogP contribution in [0.4, 0.5) is 5.69 Å². The van der Waals surface area contributed by atoms with Crippen molar-refractivity contribution < 1.29 is 4.74 Å². The fraction of sp³-hybridized carbons (Fsp3) is 0.250. The van der Waals surface area contributed by atoms with Gasteiger partial charge in [-0.2, -0.15) is 0 Å². The van der Waals surface area contributed by atoms with E-state index in [1.54, 1.807) is 7.11 Å². The van der Waals surface area contributed by atoms with Crippen molar-refractivity contribution in [3.05, 3.63) is 58.6 Å². The van der Waals surface area contributed by atoms with Gasteiger partial charge in [0.1, 0.15) is 5.75 Å². The van der Waals surface area contributed by atoms with Crippen LogP contribution in [0.25, 0.3) is 0 Å². The minimum Gasteiger partial charge on any atom is -0.497 e. The van der Waals surface area contributed by atoms with Crippen LogP contribution in [0.15, 0.2) is 42.5 Å². The number of hydrogen-bond donors (Lipinski definition) is 1. The molecule has 0 saturated carbocycles. The van der Waals surface area contributed by atoms with Gasteiger partial charge in [-0.05, 0) is 48.5 Å². The number of ether oxygens (including phenoxy) is 1. The SMILES string of the molecule is COc1ccc(N)c(CN(C)Cc2ccc(Cl)cc2)c1. The lowest BCUT2D eigenvalue weighted by Crippen LogP contribution is -2.18. The first-order chi connectivity index (χ1) is 9.58. The minimum atomic E-state index is 0.758. The molecule has 0 aromatic heterocycles. The molecule has 4 heteroatoms. The molecule has 2 aromatic carbocycles. The molecule has 0 aliphatic heterocycles. The van der Waals surface area contributed by atoms with Gasteiger partial charge in [-0.3, -0.25) is 4.90 Å². The summed E-state index contributed by atoms with van der Waals surface area (Å²) < 4.78 is 5.23. The molecule has 0 fully saturated rings. The second kappa shape index (κ2) is 6.64. The molecule has 2 aromatic rings. The zero-order valence-electron chi connectivity index (χ0n) is 11.8. The van der Waals surface area contributed by atoms with Crippen LogP contribution in [-0.4, -0.2) is 19.1 Å². The molecule has 0 heterocycles. The summed E-state index contributed by atoms with van der Waals surface area (Å²) in [7, 11) is 3.72. The molecule has 0 atom stereocenters.